The first-order valence-corrected chi connectivity index (χ1v) is 10.3. The van der Waals surface area contributed by atoms with E-state index in [9.17, 15) is 4.79 Å². The third kappa shape index (κ3) is 6.17. The third-order valence-corrected chi connectivity index (χ3v) is 5.22. The molecule has 0 radical (unpaired) electrons. The van der Waals surface area contributed by atoms with Crippen LogP contribution in [0.2, 0.25) is 0 Å². The minimum absolute atomic E-state index is 0.0335. The number of esters is 1. The van der Waals surface area contributed by atoms with Crippen molar-refractivity contribution in [1.82, 2.24) is 9.97 Å². The summed E-state index contributed by atoms with van der Waals surface area (Å²) < 4.78 is 11.2. The van der Waals surface area contributed by atoms with Crippen molar-refractivity contribution in [3.63, 3.8) is 0 Å². The van der Waals surface area contributed by atoms with Gasteiger partial charge in [-0.05, 0) is 36.0 Å². The number of anilines is 1. The topological polar surface area (TPSA) is 64.6 Å². The Hall–Kier alpha value is -2.63. The molecule has 0 saturated carbocycles. The number of piperidine rings is 1. The van der Waals surface area contributed by atoms with E-state index in [1.807, 2.05) is 12.1 Å². The number of benzene rings is 1. The van der Waals surface area contributed by atoms with Gasteiger partial charge in [-0.2, -0.15) is 0 Å². The maximum atomic E-state index is 12.3. The molecule has 0 unspecified atom stereocenters. The molecular weight excluding hydrogens is 366 g/mol. The van der Waals surface area contributed by atoms with E-state index < -0.39 is 0 Å². The SMILES string of the molecule is CC(C)(C)c1ccc(OCCCOC(=O)C2CCN(c3cnccn3)CC2)cc1. The van der Waals surface area contributed by atoms with E-state index in [1.165, 1.54) is 5.56 Å². The smallest absolute Gasteiger partial charge is 0.309 e. The van der Waals surface area contributed by atoms with Crippen LogP contribution in [0.3, 0.4) is 0 Å². The third-order valence-electron chi connectivity index (χ3n) is 5.22. The van der Waals surface area contributed by atoms with Crippen LogP contribution in [-0.4, -0.2) is 42.2 Å². The fourth-order valence-corrected chi connectivity index (χ4v) is 3.39. The van der Waals surface area contributed by atoms with Crippen LogP contribution >= 0.6 is 0 Å². The zero-order valence-electron chi connectivity index (χ0n) is 17.6. The number of hydrogen-bond acceptors (Lipinski definition) is 6. The average molecular weight is 398 g/mol. The number of carbonyl (C=O) groups excluding carboxylic acids is 1. The van der Waals surface area contributed by atoms with Gasteiger partial charge >= 0.3 is 5.97 Å². The van der Waals surface area contributed by atoms with E-state index in [0.29, 0.717) is 19.6 Å². The molecule has 1 aromatic carbocycles. The van der Waals surface area contributed by atoms with E-state index in [2.05, 4.69) is 47.8 Å². The molecule has 0 atom stereocenters. The van der Waals surface area contributed by atoms with Crippen molar-refractivity contribution < 1.29 is 14.3 Å². The lowest BCUT2D eigenvalue weighted by atomic mass is 9.87. The average Bonchev–Trinajstić information content (AvgIpc) is 2.74. The Bertz CT molecular complexity index is 764. The molecular formula is C23H31N3O3. The number of hydrogen-bond donors (Lipinski definition) is 0. The Kier molecular flexibility index (Phi) is 7.07. The summed E-state index contributed by atoms with van der Waals surface area (Å²) in [5.41, 5.74) is 1.42. The van der Waals surface area contributed by atoms with Crippen molar-refractivity contribution in [3.8, 4) is 5.75 Å². The molecule has 1 saturated heterocycles. The predicted molar refractivity (Wildman–Crippen MR) is 113 cm³/mol. The minimum atomic E-state index is -0.0988. The Balaban J connectivity index is 1.31. The Morgan fingerprint density at radius 2 is 1.83 bits per heavy atom. The van der Waals surface area contributed by atoms with E-state index in [4.69, 9.17) is 9.47 Å². The summed E-state index contributed by atoms with van der Waals surface area (Å²) in [5, 5.41) is 0. The van der Waals surface area contributed by atoms with Crippen molar-refractivity contribution >= 4 is 11.8 Å². The molecule has 6 nitrogen and oxygen atoms in total. The fraction of sp³-hybridized carbons (Fsp3) is 0.522. The van der Waals surface area contributed by atoms with Gasteiger partial charge in [-0.3, -0.25) is 9.78 Å². The summed E-state index contributed by atoms with van der Waals surface area (Å²) in [6.07, 6.45) is 7.37. The molecule has 1 aliphatic heterocycles. The van der Waals surface area contributed by atoms with Crippen LogP contribution in [0.15, 0.2) is 42.9 Å². The molecule has 0 N–H and O–H groups in total. The molecule has 6 heteroatoms. The van der Waals surface area contributed by atoms with Crippen LogP contribution < -0.4 is 9.64 Å². The fourth-order valence-electron chi connectivity index (χ4n) is 3.39. The molecule has 29 heavy (non-hydrogen) atoms. The summed E-state index contributed by atoms with van der Waals surface area (Å²) >= 11 is 0. The van der Waals surface area contributed by atoms with E-state index in [1.54, 1.807) is 18.6 Å². The van der Waals surface area contributed by atoms with Crippen molar-refractivity contribution in [2.45, 2.75) is 45.4 Å². The van der Waals surface area contributed by atoms with Gasteiger partial charge in [0.25, 0.3) is 0 Å². The van der Waals surface area contributed by atoms with Gasteiger partial charge < -0.3 is 14.4 Å². The Morgan fingerprint density at radius 1 is 1.10 bits per heavy atom. The number of ether oxygens (including phenoxy) is 2. The molecule has 0 aliphatic carbocycles. The maximum Gasteiger partial charge on any atom is 0.309 e. The normalized spacial score (nSPS) is 15.2. The molecule has 0 amide bonds. The summed E-state index contributed by atoms with van der Waals surface area (Å²) in [6.45, 7) is 9.10. The van der Waals surface area contributed by atoms with Crippen LogP contribution in [0.5, 0.6) is 5.75 Å². The highest BCUT2D eigenvalue weighted by molar-refractivity contribution is 5.72. The van der Waals surface area contributed by atoms with Crippen LogP contribution in [0.1, 0.15) is 45.6 Å². The molecule has 1 aliphatic rings. The number of aromatic nitrogens is 2. The largest absolute Gasteiger partial charge is 0.493 e. The van der Waals surface area contributed by atoms with E-state index >= 15 is 0 Å². The number of nitrogens with zero attached hydrogens (tertiary/aromatic N) is 3. The van der Waals surface area contributed by atoms with Gasteiger partial charge in [-0.1, -0.05) is 32.9 Å². The van der Waals surface area contributed by atoms with Gasteiger partial charge in [0, 0.05) is 31.9 Å². The van der Waals surface area contributed by atoms with Crippen LogP contribution in [0.4, 0.5) is 5.82 Å². The Morgan fingerprint density at radius 3 is 2.45 bits per heavy atom. The first kappa shape index (κ1) is 21.1. The van der Waals surface area contributed by atoms with Crippen molar-refractivity contribution in [1.29, 1.82) is 0 Å². The molecule has 0 bridgehead atoms. The minimum Gasteiger partial charge on any atom is -0.493 e. The number of rotatable bonds is 7. The first-order valence-electron chi connectivity index (χ1n) is 10.3. The lowest BCUT2D eigenvalue weighted by Gasteiger charge is -2.31. The molecule has 1 fully saturated rings. The molecule has 1 aromatic heterocycles. The Labute approximate surface area is 173 Å². The van der Waals surface area contributed by atoms with Gasteiger partial charge in [0.2, 0.25) is 0 Å². The van der Waals surface area contributed by atoms with Gasteiger partial charge in [0.05, 0.1) is 25.3 Å². The standard InChI is InChI=1S/C23H31N3O3/c1-23(2,3)19-5-7-20(8-6-19)28-15-4-16-29-22(27)18-9-13-26(14-10-18)21-17-24-11-12-25-21/h5-8,11-12,17-18H,4,9-10,13-16H2,1-3H3. The second-order valence-corrected chi connectivity index (χ2v) is 8.47. The molecule has 3 rings (SSSR count). The van der Waals surface area contributed by atoms with E-state index in [-0.39, 0.29) is 17.3 Å². The summed E-state index contributed by atoms with van der Waals surface area (Å²) in [7, 11) is 0. The first-order chi connectivity index (χ1) is 13.9. The summed E-state index contributed by atoms with van der Waals surface area (Å²) in [5.74, 6) is 1.58. The second-order valence-electron chi connectivity index (χ2n) is 8.47. The van der Waals surface area contributed by atoms with Crippen molar-refractivity contribution in [2.24, 2.45) is 5.92 Å². The second kappa shape index (κ2) is 9.72. The van der Waals surface area contributed by atoms with Gasteiger partial charge in [0.1, 0.15) is 11.6 Å². The zero-order chi connectivity index (χ0) is 20.7. The highest BCUT2D eigenvalue weighted by atomic mass is 16.5. The van der Waals surface area contributed by atoms with Gasteiger partial charge in [-0.25, -0.2) is 4.98 Å². The number of carbonyl (C=O) groups is 1. The highest BCUT2D eigenvalue weighted by Gasteiger charge is 2.26. The van der Waals surface area contributed by atoms with Crippen molar-refractivity contribution in [3.05, 3.63) is 48.4 Å². The van der Waals surface area contributed by atoms with Gasteiger partial charge in [-0.15, -0.1) is 0 Å². The van der Waals surface area contributed by atoms with E-state index in [0.717, 1.165) is 37.5 Å². The summed E-state index contributed by atoms with van der Waals surface area (Å²) in [6, 6.07) is 8.19. The van der Waals surface area contributed by atoms with Crippen molar-refractivity contribution in [2.75, 3.05) is 31.2 Å². The molecule has 2 aromatic rings. The molecule has 0 spiro atoms. The highest BCUT2D eigenvalue weighted by Crippen LogP contribution is 2.24. The zero-order valence-corrected chi connectivity index (χ0v) is 17.6. The van der Waals surface area contributed by atoms with Gasteiger partial charge in [0.15, 0.2) is 0 Å². The van der Waals surface area contributed by atoms with Crippen LogP contribution in [-0.2, 0) is 14.9 Å². The quantitative estimate of drug-likeness (QED) is 0.520. The predicted octanol–water partition coefficient (Wildman–Crippen LogP) is 4.00. The maximum absolute atomic E-state index is 12.3. The lowest BCUT2D eigenvalue weighted by Crippen LogP contribution is -2.37. The lowest BCUT2D eigenvalue weighted by molar-refractivity contribution is -0.149. The van der Waals surface area contributed by atoms with Crippen LogP contribution in [0.25, 0.3) is 0 Å². The van der Waals surface area contributed by atoms with Crippen LogP contribution in [0, 0.1) is 5.92 Å². The molecule has 2 heterocycles. The summed E-state index contributed by atoms with van der Waals surface area (Å²) in [4.78, 5) is 22.9. The molecule has 156 valence electrons. The monoisotopic (exact) mass is 397 g/mol.